The number of aliphatic hydroxyl groups is 9. The Labute approximate surface area is 635 Å². The maximum Gasteiger partial charge on any atom is 0.338 e. The van der Waals surface area contributed by atoms with Crippen LogP contribution in [-0.2, 0) is 18.9 Å². The number of halogens is 1. The minimum atomic E-state index is -1.23. The number of aliphatic hydroxyl groups excluding tert-OH is 9. The number of nitrogens with zero attached hydrogens (tertiary/aromatic N) is 7. The molecule has 35 nitrogen and oxygen atoms in total. The number of carbonyl (C=O) groups is 2. The van der Waals surface area contributed by atoms with Crippen LogP contribution in [0.25, 0.3) is 0 Å². The minimum Gasteiger partial charge on any atom is -0.392 e. The number of hydrogen-bond donors (Lipinski definition) is 12. The highest BCUT2D eigenvalue weighted by atomic mass is 127. The van der Waals surface area contributed by atoms with Crippen molar-refractivity contribution in [2.24, 2.45) is 0 Å². The Hall–Kier alpha value is -9.91. The van der Waals surface area contributed by atoms with Gasteiger partial charge in [-0.3, -0.25) is 71.3 Å². The smallest absolute Gasteiger partial charge is 0.338 e. The molecule has 0 saturated carbocycles. The van der Waals surface area contributed by atoms with Crippen LogP contribution in [0.15, 0.2) is 210 Å². The van der Waals surface area contributed by atoms with E-state index in [0.717, 1.165) is 21.1 Å². The van der Waals surface area contributed by atoms with Crippen LogP contribution >= 0.6 is 22.6 Å². The molecule has 12 N–H and O–H groups in total. The van der Waals surface area contributed by atoms with Crippen LogP contribution in [0, 0.1) is 17.4 Å². The van der Waals surface area contributed by atoms with Gasteiger partial charge in [-0.2, -0.15) is 9.13 Å². The van der Waals surface area contributed by atoms with Crippen LogP contribution in [0.2, 0.25) is 0 Å². The van der Waals surface area contributed by atoms with Crippen molar-refractivity contribution >= 4 is 34.4 Å². The SMILES string of the molecule is CC1(C)OC2[C@H](n3ccc(=O)n(C(=O)c4ccccc4)c3=O)C=C(CO)[C@@H]2O1.CCC1=C[C@@H](n2cc(C)c(=O)n(C(=O)c3ccccc3)c2=O)C2OC(C)(C)O[C@@H]12.CCC1=C[C@@H](n2ccc(=O)[nH]c2=O)C(O)[C@H]1O.Cc1cn([C@@H]2C=C(CO)[C@H](O)C2O)c(=O)[nH]c1=O.O=c1[nH]c(=O)n([C@@H]2C=C(CO)[C@H](O)C2O)cc1I. The molecule has 7 heterocycles. The molecule has 0 bridgehead atoms. The summed E-state index contributed by atoms with van der Waals surface area (Å²) < 4.78 is 31.6. The van der Waals surface area contributed by atoms with E-state index in [1.54, 1.807) is 104 Å². The molecule has 14 rings (SSSR count). The lowest BCUT2D eigenvalue weighted by Gasteiger charge is -2.23. The number of aryl methyl sites for hydroxylation is 2. The van der Waals surface area contributed by atoms with E-state index in [4.69, 9.17) is 29.2 Å². The van der Waals surface area contributed by atoms with Crippen LogP contribution in [0.5, 0.6) is 0 Å². The van der Waals surface area contributed by atoms with Gasteiger partial charge in [-0.05, 0) is 129 Å². The third kappa shape index (κ3) is 16.9. The number of hydrogen-bond acceptors (Lipinski definition) is 25. The number of aromatic amines is 3. The molecule has 36 heteroatoms. The second kappa shape index (κ2) is 33.7. The highest BCUT2D eigenvalue weighted by molar-refractivity contribution is 14.1. The summed E-state index contributed by atoms with van der Waals surface area (Å²) in [6.07, 6.45) is 7.71. The Balaban J connectivity index is 0.000000149. The second-order valence-corrected chi connectivity index (χ2v) is 28.7. The van der Waals surface area contributed by atoms with E-state index in [2.05, 4.69) is 15.0 Å². The van der Waals surface area contributed by atoms with Crippen molar-refractivity contribution in [2.75, 3.05) is 19.8 Å². The van der Waals surface area contributed by atoms with Crippen molar-refractivity contribution in [3.05, 3.63) is 292 Å². The average Bonchev–Trinajstić information content (AvgIpc) is 1.58. The Morgan fingerprint density at radius 1 is 0.445 bits per heavy atom. The molecule has 5 aromatic heterocycles. The fraction of sp³-hybridized carbons (Fsp3) is 0.405. The zero-order valence-corrected chi connectivity index (χ0v) is 62.6. The Morgan fingerprint density at radius 3 is 1.33 bits per heavy atom. The summed E-state index contributed by atoms with van der Waals surface area (Å²) in [7, 11) is 0. The highest BCUT2D eigenvalue weighted by Crippen LogP contribution is 2.45. The summed E-state index contributed by atoms with van der Waals surface area (Å²) in [4.78, 5) is 152. The fourth-order valence-corrected chi connectivity index (χ4v) is 14.2. The monoisotopic (exact) mass is 1640 g/mol. The normalized spacial score (nSPS) is 26.3. The fourth-order valence-electron chi connectivity index (χ4n) is 13.8. The van der Waals surface area contributed by atoms with Gasteiger partial charge < -0.3 is 64.9 Å². The molecule has 7 aromatic rings. The molecule has 110 heavy (non-hydrogen) atoms. The molecule has 0 spiro atoms. The maximum absolute atomic E-state index is 13.3. The van der Waals surface area contributed by atoms with Gasteiger partial charge in [0.15, 0.2) is 11.6 Å². The van der Waals surface area contributed by atoms with Crippen molar-refractivity contribution in [1.82, 2.24) is 46.9 Å². The summed E-state index contributed by atoms with van der Waals surface area (Å²) >= 11 is 1.76. The molecule has 5 aliphatic carbocycles. The molecule has 0 radical (unpaired) electrons. The summed E-state index contributed by atoms with van der Waals surface area (Å²) in [6, 6.07) is 15.5. The van der Waals surface area contributed by atoms with E-state index >= 15 is 0 Å². The first kappa shape index (κ1) is 82.6. The molecule has 2 fully saturated rings. The molecule has 2 saturated heterocycles. The molecule has 7 aliphatic rings. The van der Waals surface area contributed by atoms with E-state index in [9.17, 15) is 93.3 Å². The van der Waals surface area contributed by atoms with E-state index in [1.165, 1.54) is 88.0 Å². The maximum atomic E-state index is 13.3. The standard InChI is InChI=1S/C22H24N2O5.C20H20N2O6.C11H14N2O5.C11H14N2O4.C10H11IN2O5/c1-5-14-11-16(18-17(14)28-22(3,4)29-18)23-12-13(2)19(25)24(21(23)27)20(26)15-9-7-6-8-10-15;1-20(2)27-16-13(11-23)10-14(17(16)28-20)21-9-8-15(24)22(19(21)26)18(25)12-6-4-3-5-7-12;1-5-3-13(11(18)12-10(5)17)7-2-6(4-14)8(15)9(7)16;1-2-6-5-7(10(16)9(6)15)13-4-3-8(14)12-11(13)17;11-5-2-13(10(18)12-9(5)17)6-1-4(3-14)7(15)8(6)16/h6-12,16-18H,5H2,1-4H3;3-10,14,16-17,23H,11H2,1-2H3;2-3,7-9,14-16H,4H2,1H3,(H,12,17,18);3-5,7,9-10,15-16H,2H2,1H3,(H,12,14,17);1-2,6-8,14-16H,3H2,(H,12,17,18)/t16-,17+,18?;14-,16+,17?;7-,8+,9?;7-,9+,10?;6-,7+,8?/m11111/s1. The first-order chi connectivity index (χ1) is 52.0. The molecular formula is C74H83IN10O25. The van der Waals surface area contributed by atoms with Gasteiger partial charge in [0, 0.05) is 65.4 Å². The highest BCUT2D eigenvalue weighted by Gasteiger charge is 2.52. The van der Waals surface area contributed by atoms with Gasteiger partial charge in [-0.1, -0.05) is 80.6 Å². The van der Waals surface area contributed by atoms with Gasteiger partial charge >= 0.3 is 28.4 Å². The average molecular weight is 1640 g/mol. The number of carbonyl (C=O) groups excluding carboxylic acids is 2. The number of fused-ring (bicyclic) bond motifs is 2. The van der Waals surface area contributed by atoms with Crippen LogP contribution in [0.1, 0.15) is 116 Å². The Morgan fingerprint density at radius 2 is 0.845 bits per heavy atom. The van der Waals surface area contributed by atoms with Crippen LogP contribution in [0.3, 0.4) is 0 Å². The summed E-state index contributed by atoms with van der Waals surface area (Å²) in [5, 5.41) is 86.2. The largest absolute Gasteiger partial charge is 0.392 e. The zero-order valence-electron chi connectivity index (χ0n) is 60.5. The first-order valence-electron chi connectivity index (χ1n) is 34.7. The van der Waals surface area contributed by atoms with Gasteiger partial charge in [-0.25, -0.2) is 24.0 Å². The predicted molar refractivity (Wildman–Crippen MR) is 400 cm³/mol. The third-order valence-corrected chi connectivity index (χ3v) is 20.1. The number of benzene rings is 2. The predicted octanol–water partition coefficient (Wildman–Crippen LogP) is -1.36. The molecule has 2 aliphatic heterocycles. The number of rotatable bonds is 12. The van der Waals surface area contributed by atoms with Crippen molar-refractivity contribution < 1.29 is 74.5 Å². The molecule has 15 atom stereocenters. The van der Waals surface area contributed by atoms with Gasteiger partial charge in [0.05, 0.1) is 53.6 Å². The lowest BCUT2D eigenvalue weighted by Crippen LogP contribution is -2.47. The lowest BCUT2D eigenvalue weighted by atomic mass is 10.1. The molecule has 0 amide bonds. The molecular weight excluding hydrogens is 1560 g/mol. The lowest BCUT2D eigenvalue weighted by molar-refractivity contribution is -0.148. The number of H-pyrrole nitrogens is 3. The molecule has 5 unspecified atom stereocenters. The Kier molecular flexibility index (Phi) is 25.3. The number of aromatic nitrogens is 10. The van der Waals surface area contributed by atoms with E-state index in [0.29, 0.717) is 41.4 Å². The van der Waals surface area contributed by atoms with Crippen molar-refractivity contribution in [3.63, 3.8) is 0 Å². The zero-order chi connectivity index (χ0) is 80.4. The van der Waals surface area contributed by atoms with Gasteiger partial charge in [-0.15, -0.1) is 0 Å². The molecule has 586 valence electrons. The van der Waals surface area contributed by atoms with E-state index < -0.39 is 178 Å². The van der Waals surface area contributed by atoms with Crippen molar-refractivity contribution in [2.45, 2.75) is 171 Å². The second-order valence-electron chi connectivity index (χ2n) is 27.5. The molecule has 2 aromatic carbocycles. The number of ether oxygens (including phenoxy) is 4. The Bertz CT molecular complexity index is 5360. The summed E-state index contributed by atoms with van der Waals surface area (Å²) in [5.74, 6) is -2.99. The van der Waals surface area contributed by atoms with Crippen molar-refractivity contribution in [3.8, 4) is 0 Å². The van der Waals surface area contributed by atoms with Crippen LogP contribution < -0.4 is 56.2 Å². The van der Waals surface area contributed by atoms with Crippen molar-refractivity contribution in [1.29, 1.82) is 0 Å². The summed E-state index contributed by atoms with van der Waals surface area (Å²) in [5.41, 5.74) is -2.21. The van der Waals surface area contributed by atoms with Crippen LogP contribution in [0.4, 0.5) is 0 Å². The summed E-state index contributed by atoms with van der Waals surface area (Å²) in [6.45, 7) is 13.1. The van der Waals surface area contributed by atoms with Gasteiger partial charge in [0.1, 0.15) is 61.0 Å². The first-order valence-corrected chi connectivity index (χ1v) is 35.8. The third-order valence-electron chi connectivity index (χ3n) is 19.4. The minimum absolute atomic E-state index is 0.233. The van der Waals surface area contributed by atoms with Gasteiger partial charge in [0.25, 0.3) is 39.6 Å². The quantitative estimate of drug-likeness (QED) is 0.0496. The number of nitrogens with one attached hydrogen (secondary N) is 3. The van der Waals surface area contributed by atoms with E-state index in [1.807, 2.05) is 33.8 Å². The van der Waals surface area contributed by atoms with E-state index in [-0.39, 0.29) is 35.0 Å². The van der Waals surface area contributed by atoms with Gasteiger partial charge in [0.2, 0.25) is 0 Å². The topological polar surface area (TPSA) is 506 Å². The van der Waals surface area contributed by atoms with Crippen LogP contribution in [-0.4, -0.2) is 197 Å².